The number of hydrogen-bond donors (Lipinski definition) is 0. The molecule has 0 aliphatic heterocycles. The first-order chi connectivity index (χ1) is 5.83. The molecule has 1 aliphatic rings. The van der Waals surface area contributed by atoms with E-state index in [-0.39, 0.29) is 35.3 Å². The van der Waals surface area contributed by atoms with E-state index < -0.39 is 0 Å². The van der Waals surface area contributed by atoms with Crippen molar-refractivity contribution in [2.24, 2.45) is 0 Å². The van der Waals surface area contributed by atoms with Gasteiger partial charge >= 0.3 is 29.6 Å². The van der Waals surface area contributed by atoms with E-state index in [2.05, 4.69) is 0 Å². The fraction of sp³-hybridized carbons (Fsp3) is 0.100. The Morgan fingerprint density at radius 2 is 2.00 bits per heavy atom. The van der Waals surface area contributed by atoms with Gasteiger partial charge in [0.2, 0.25) is 0 Å². The van der Waals surface area contributed by atoms with Gasteiger partial charge in [-0.3, -0.25) is 4.79 Å². The fourth-order valence-electron chi connectivity index (χ4n) is 1.45. The van der Waals surface area contributed by atoms with E-state index in [1.165, 1.54) is 0 Å². The minimum Gasteiger partial charge on any atom is -0.872 e. The second-order valence-corrected chi connectivity index (χ2v) is 2.81. The third-order valence-corrected chi connectivity index (χ3v) is 2.08. The Hall–Kier alpha value is -0.570. The molecule has 0 bridgehead atoms. The summed E-state index contributed by atoms with van der Waals surface area (Å²) >= 11 is 0. The number of allylic oxidation sites excluding steroid dienone is 1. The minimum absolute atomic E-state index is 0. The average Bonchev–Trinajstić information content (AvgIpc) is 2.44. The molecule has 13 heavy (non-hydrogen) atoms. The molecule has 0 aromatic heterocycles. The molecule has 0 N–H and O–H groups in total. The van der Waals surface area contributed by atoms with Crippen molar-refractivity contribution >= 4 is 12.0 Å². The van der Waals surface area contributed by atoms with Crippen LogP contribution in [0.3, 0.4) is 0 Å². The van der Waals surface area contributed by atoms with Crippen LogP contribution in [0.2, 0.25) is 0 Å². The average molecular weight is 182 g/mol. The molecule has 0 saturated heterocycles. The fourth-order valence-corrected chi connectivity index (χ4v) is 1.45. The van der Waals surface area contributed by atoms with Gasteiger partial charge in [0, 0.05) is 6.42 Å². The largest absolute Gasteiger partial charge is 1.00 e. The quantitative estimate of drug-likeness (QED) is 0.356. The number of carbonyl (C=O) groups excluding carboxylic acids is 1. The predicted octanol–water partition coefficient (Wildman–Crippen LogP) is -2.48. The van der Waals surface area contributed by atoms with Crippen LogP contribution in [0.1, 0.15) is 11.1 Å². The van der Waals surface area contributed by atoms with Gasteiger partial charge in [-0.1, -0.05) is 30.0 Å². The zero-order valence-corrected chi connectivity index (χ0v) is 9.41. The zero-order valence-electron chi connectivity index (χ0n) is 7.41. The summed E-state index contributed by atoms with van der Waals surface area (Å²) in [4.78, 5) is 10.4. The number of fused-ring (bicyclic) bond motifs is 1. The first-order valence-corrected chi connectivity index (χ1v) is 3.76. The van der Waals surface area contributed by atoms with E-state index in [4.69, 9.17) is 0 Å². The summed E-state index contributed by atoms with van der Waals surface area (Å²) in [6, 6.07) is 7.32. The van der Waals surface area contributed by atoms with Gasteiger partial charge < -0.3 is 5.11 Å². The van der Waals surface area contributed by atoms with Gasteiger partial charge in [0.25, 0.3) is 0 Å². The second-order valence-electron chi connectivity index (χ2n) is 2.81. The Labute approximate surface area is 98.6 Å². The monoisotopic (exact) mass is 182 g/mol. The minimum atomic E-state index is -0.111. The number of carbonyl (C=O) groups is 1. The molecule has 1 aromatic rings. The molecule has 60 valence electrons. The molecule has 1 aromatic carbocycles. The normalized spacial score (nSPS) is 13.5. The van der Waals surface area contributed by atoms with Crippen molar-refractivity contribution in [2.75, 3.05) is 0 Å². The summed E-state index contributed by atoms with van der Waals surface area (Å²) in [5.41, 5.74) is 2.01. The van der Waals surface area contributed by atoms with Crippen molar-refractivity contribution in [3.63, 3.8) is 0 Å². The van der Waals surface area contributed by atoms with Gasteiger partial charge in [-0.25, -0.2) is 0 Å². The molecule has 0 fully saturated rings. The predicted molar refractivity (Wildman–Crippen MR) is 43.1 cm³/mol. The molecule has 1 aliphatic carbocycles. The summed E-state index contributed by atoms with van der Waals surface area (Å²) in [6.07, 6.45) is 1.15. The van der Waals surface area contributed by atoms with E-state index in [0.717, 1.165) is 5.56 Å². The van der Waals surface area contributed by atoms with Crippen LogP contribution in [0.15, 0.2) is 29.8 Å². The Balaban J connectivity index is 0.000000845. The van der Waals surface area contributed by atoms with Crippen LogP contribution in [0, 0.1) is 0 Å². The van der Waals surface area contributed by atoms with Crippen LogP contribution in [-0.2, 0) is 11.2 Å². The van der Waals surface area contributed by atoms with Gasteiger partial charge in [0.05, 0.1) is 0 Å². The Morgan fingerprint density at radius 3 is 2.62 bits per heavy atom. The summed E-state index contributed by atoms with van der Waals surface area (Å²) in [7, 11) is 0. The first-order valence-electron chi connectivity index (χ1n) is 3.76. The molecule has 0 unspecified atom stereocenters. The van der Waals surface area contributed by atoms with Gasteiger partial charge in [-0.05, 0) is 16.7 Å². The number of aldehydes is 1. The van der Waals surface area contributed by atoms with Crippen molar-refractivity contribution in [1.29, 1.82) is 0 Å². The Kier molecular flexibility index (Phi) is 3.31. The first kappa shape index (κ1) is 10.5. The molecule has 0 saturated carbocycles. The zero-order chi connectivity index (χ0) is 8.55. The summed E-state index contributed by atoms with van der Waals surface area (Å²) in [5.74, 6) is -0.111. The van der Waals surface area contributed by atoms with Crippen LogP contribution in [0.4, 0.5) is 0 Å². The van der Waals surface area contributed by atoms with E-state index >= 15 is 0 Å². The van der Waals surface area contributed by atoms with E-state index in [9.17, 15) is 9.90 Å². The van der Waals surface area contributed by atoms with Gasteiger partial charge in [-0.2, -0.15) is 0 Å². The van der Waals surface area contributed by atoms with Crippen LogP contribution < -0.4 is 34.7 Å². The molecular formula is C10H7NaO2. The molecule has 0 heterocycles. The van der Waals surface area contributed by atoms with Gasteiger partial charge in [0.15, 0.2) is 0 Å². The van der Waals surface area contributed by atoms with Gasteiger partial charge in [-0.15, -0.1) is 0 Å². The van der Waals surface area contributed by atoms with Crippen molar-refractivity contribution in [1.82, 2.24) is 0 Å². The van der Waals surface area contributed by atoms with E-state index in [1.807, 2.05) is 18.2 Å². The molecule has 2 rings (SSSR count). The van der Waals surface area contributed by atoms with Crippen molar-refractivity contribution in [3.8, 4) is 0 Å². The smallest absolute Gasteiger partial charge is 0.872 e. The number of rotatable bonds is 1. The van der Waals surface area contributed by atoms with Crippen LogP contribution >= 0.6 is 0 Å². The SMILES string of the molecule is O=CC1=C([O-])c2ccccc2C1.[Na+]. The molecule has 0 radical (unpaired) electrons. The third-order valence-electron chi connectivity index (χ3n) is 2.08. The van der Waals surface area contributed by atoms with E-state index in [1.54, 1.807) is 6.07 Å². The molecule has 2 nitrogen and oxygen atoms in total. The second kappa shape index (κ2) is 4.09. The Morgan fingerprint density at radius 1 is 1.31 bits per heavy atom. The van der Waals surface area contributed by atoms with Crippen LogP contribution in [0.5, 0.6) is 0 Å². The van der Waals surface area contributed by atoms with Crippen molar-refractivity contribution < 1.29 is 39.5 Å². The molecular weight excluding hydrogens is 175 g/mol. The Bertz CT molecular complexity index is 369. The van der Waals surface area contributed by atoms with Crippen LogP contribution in [-0.4, -0.2) is 6.29 Å². The molecule has 0 spiro atoms. The molecule has 0 atom stereocenters. The standard InChI is InChI=1S/C10H8O2.Na/c11-6-8-5-7-3-1-2-4-9(7)10(8)12;/h1-4,6,12H,5H2;/q;+1/p-1. The van der Waals surface area contributed by atoms with E-state index in [0.29, 0.717) is 23.8 Å². The van der Waals surface area contributed by atoms with Crippen LogP contribution in [0.25, 0.3) is 5.76 Å². The maximum absolute atomic E-state index is 11.4. The molecule has 0 amide bonds. The number of benzene rings is 1. The topological polar surface area (TPSA) is 40.1 Å². The maximum Gasteiger partial charge on any atom is 1.00 e. The summed E-state index contributed by atoms with van der Waals surface area (Å²) in [5, 5.41) is 11.4. The summed E-state index contributed by atoms with van der Waals surface area (Å²) < 4.78 is 0. The third kappa shape index (κ3) is 1.70. The van der Waals surface area contributed by atoms with Gasteiger partial charge in [0.1, 0.15) is 6.29 Å². The number of hydrogen-bond acceptors (Lipinski definition) is 2. The summed E-state index contributed by atoms with van der Waals surface area (Å²) in [6.45, 7) is 0. The van der Waals surface area contributed by atoms with Crippen molar-refractivity contribution in [3.05, 3.63) is 41.0 Å². The van der Waals surface area contributed by atoms with Crippen molar-refractivity contribution in [2.45, 2.75) is 6.42 Å². The molecule has 3 heteroatoms. The maximum atomic E-state index is 11.4.